The largest absolute Gasteiger partial charge is 0.456 e. The van der Waals surface area contributed by atoms with Crippen LogP contribution in [0.3, 0.4) is 0 Å². The number of benzene rings is 1. The Bertz CT molecular complexity index is 701. The van der Waals surface area contributed by atoms with Gasteiger partial charge in [-0.1, -0.05) is 44.2 Å². The second kappa shape index (κ2) is 8.12. The molecule has 1 fully saturated rings. The van der Waals surface area contributed by atoms with Gasteiger partial charge in [-0.05, 0) is 25.7 Å². The van der Waals surface area contributed by atoms with Crippen LogP contribution in [0.1, 0.15) is 44.0 Å². The number of hydrogen-bond donors (Lipinski definition) is 1. The molecule has 1 aliphatic heterocycles. The normalized spacial score (nSPS) is 19.6. The van der Waals surface area contributed by atoms with Crippen LogP contribution in [0.15, 0.2) is 30.3 Å². The zero-order valence-electron chi connectivity index (χ0n) is 15.3. The molecule has 0 aromatic heterocycles. The van der Waals surface area contributed by atoms with Crippen molar-refractivity contribution in [3.8, 4) is 0 Å². The Hall–Kier alpha value is -2.70. The number of ketones is 1. The summed E-state index contributed by atoms with van der Waals surface area (Å²) in [7, 11) is 0. The zero-order valence-corrected chi connectivity index (χ0v) is 15.3. The van der Waals surface area contributed by atoms with Gasteiger partial charge in [-0.15, -0.1) is 0 Å². The molecule has 1 saturated heterocycles. The molecule has 1 aromatic carbocycles. The fourth-order valence-corrected chi connectivity index (χ4v) is 2.67. The van der Waals surface area contributed by atoms with Crippen molar-refractivity contribution in [1.82, 2.24) is 10.2 Å². The number of urea groups is 1. The number of amides is 3. The first-order valence-electron chi connectivity index (χ1n) is 8.61. The van der Waals surface area contributed by atoms with E-state index in [9.17, 15) is 19.2 Å². The summed E-state index contributed by atoms with van der Waals surface area (Å²) in [6.45, 7) is 4.77. The molecule has 3 amide bonds. The van der Waals surface area contributed by atoms with Crippen molar-refractivity contribution >= 4 is 23.7 Å². The molecule has 140 valence electrons. The summed E-state index contributed by atoms with van der Waals surface area (Å²) in [5.41, 5.74) is -0.585. The van der Waals surface area contributed by atoms with Crippen LogP contribution in [0.25, 0.3) is 0 Å². The molecule has 0 aliphatic carbocycles. The number of rotatable bonds is 8. The molecule has 1 N–H and O–H groups in total. The summed E-state index contributed by atoms with van der Waals surface area (Å²) in [4.78, 5) is 49.3. The number of imide groups is 1. The Kier molecular flexibility index (Phi) is 6.13. The molecule has 0 spiro atoms. The van der Waals surface area contributed by atoms with Gasteiger partial charge in [0.2, 0.25) is 0 Å². The van der Waals surface area contributed by atoms with Gasteiger partial charge < -0.3 is 10.1 Å². The number of carbonyl (C=O) groups is 4. The van der Waals surface area contributed by atoms with Gasteiger partial charge in [-0.25, -0.2) is 4.79 Å². The Morgan fingerprint density at radius 3 is 2.46 bits per heavy atom. The lowest BCUT2D eigenvalue weighted by Crippen LogP contribution is -2.44. The lowest BCUT2D eigenvalue weighted by atomic mass is 9.92. The van der Waals surface area contributed by atoms with E-state index in [0.29, 0.717) is 17.9 Å². The maximum atomic E-state index is 12.5. The van der Waals surface area contributed by atoms with E-state index in [1.165, 1.54) is 0 Å². The smallest absolute Gasteiger partial charge is 0.326 e. The van der Waals surface area contributed by atoms with E-state index in [1.807, 2.05) is 13.8 Å². The quantitative estimate of drug-likeness (QED) is 0.436. The molecule has 7 heteroatoms. The number of hydrogen-bond acceptors (Lipinski definition) is 5. The van der Waals surface area contributed by atoms with Crippen LogP contribution in [0.2, 0.25) is 0 Å². The minimum absolute atomic E-state index is 0.349. The third-order valence-corrected chi connectivity index (χ3v) is 4.31. The lowest BCUT2D eigenvalue weighted by Gasteiger charge is -2.22. The molecular formula is C19H24N2O5. The van der Waals surface area contributed by atoms with Gasteiger partial charge in [0.25, 0.3) is 5.91 Å². The first-order chi connectivity index (χ1) is 12.2. The summed E-state index contributed by atoms with van der Waals surface area (Å²) in [6, 6.07) is 7.81. The summed E-state index contributed by atoms with van der Waals surface area (Å²) in [5, 5.41) is 2.64. The van der Waals surface area contributed by atoms with Gasteiger partial charge in [0.05, 0.1) is 0 Å². The molecule has 1 heterocycles. The van der Waals surface area contributed by atoms with Gasteiger partial charge in [-0.2, -0.15) is 0 Å². The molecule has 0 unspecified atom stereocenters. The molecule has 0 radical (unpaired) electrons. The number of nitrogens with one attached hydrogen (secondary N) is 1. The van der Waals surface area contributed by atoms with Crippen LogP contribution < -0.4 is 5.32 Å². The van der Waals surface area contributed by atoms with E-state index in [2.05, 4.69) is 5.32 Å². The van der Waals surface area contributed by atoms with Crippen molar-refractivity contribution in [3.05, 3.63) is 35.9 Å². The highest BCUT2D eigenvalue weighted by Gasteiger charge is 2.48. The Morgan fingerprint density at radius 1 is 1.19 bits per heavy atom. The first-order valence-corrected chi connectivity index (χ1v) is 8.61. The number of ether oxygens (including phenoxy) is 1. The van der Waals surface area contributed by atoms with Crippen molar-refractivity contribution in [2.24, 2.45) is 5.92 Å². The van der Waals surface area contributed by atoms with Gasteiger partial charge in [0.1, 0.15) is 12.1 Å². The fraction of sp³-hybridized carbons (Fsp3) is 0.474. The Balaban J connectivity index is 1.89. The van der Waals surface area contributed by atoms with E-state index >= 15 is 0 Å². The summed E-state index contributed by atoms with van der Waals surface area (Å²) < 4.78 is 4.92. The van der Waals surface area contributed by atoms with Crippen LogP contribution in [0, 0.1) is 5.92 Å². The molecule has 1 aromatic rings. The maximum absolute atomic E-state index is 12.5. The second-order valence-corrected chi connectivity index (χ2v) is 7.04. The topological polar surface area (TPSA) is 92.8 Å². The van der Waals surface area contributed by atoms with Crippen LogP contribution in [-0.4, -0.2) is 47.3 Å². The summed E-state index contributed by atoms with van der Waals surface area (Å²) in [6.07, 6.45) is 1.26. The number of Topliss-reactive ketones (excluding diaryl/α,β-unsaturated/α-hetero) is 1. The van der Waals surface area contributed by atoms with Gasteiger partial charge in [0, 0.05) is 5.56 Å². The average Bonchev–Trinajstić information content (AvgIpc) is 2.82. The van der Waals surface area contributed by atoms with Crippen molar-refractivity contribution in [3.63, 3.8) is 0 Å². The third-order valence-electron chi connectivity index (χ3n) is 4.31. The monoisotopic (exact) mass is 360 g/mol. The zero-order chi connectivity index (χ0) is 19.3. The molecule has 7 nitrogen and oxygen atoms in total. The minimum Gasteiger partial charge on any atom is -0.456 e. The average molecular weight is 360 g/mol. The van der Waals surface area contributed by atoms with E-state index in [0.717, 1.165) is 11.3 Å². The number of esters is 1. The van der Waals surface area contributed by atoms with Crippen LogP contribution in [0.5, 0.6) is 0 Å². The van der Waals surface area contributed by atoms with Crippen molar-refractivity contribution < 1.29 is 23.9 Å². The molecule has 26 heavy (non-hydrogen) atoms. The van der Waals surface area contributed by atoms with Crippen LogP contribution in [-0.2, 0) is 14.3 Å². The number of nitrogens with zero attached hydrogens (tertiary/aromatic N) is 1. The van der Waals surface area contributed by atoms with Gasteiger partial charge >= 0.3 is 12.0 Å². The van der Waals surface area contributed by atoms with Crippen molar-refractivity contribution in [1.29, 1.82) is 0 Å². The standard InChI is InChI=1S/C19H24N2O5/c1-13(2)9-10-19(3)17(24)21(18(25)20-19)11-16(23)26-12-15(22)14-7-5-4-6-8-14/h4-8,13H,9-12H2,1-3H3,(H,20,25)/t19-/m0/s1. The van der Waals surface area contributed by atoms with Crippen molar-refractivity contribution in [2.45, 2.75) is 39.2 Å². The van der Waals surface area contributed by atoms with E-state index in [1.54, 1.807) is 37.3 Å². The molecular weight excluding hydrogens is 336 g/mol. The van der Waals surface area contributed by atoms with E-state index < -0.39 is 36.6 Å². The lowest BCUT2D eigenvalue weighted by molar-refractivity contribution is -0.146. The summed E-state index contributed by atoms with van der Waals surface area (Å²) >= 11 is 0. The van der Waals surface area contributed by atoms with E-state index in [-0.39, 0.29) is 5.78 Å². The second-order valence-electron chi connectivity index (χ2n) is 7.04. The molecule has 0 bridgehead atoms. The molecule has 2 rings (SSSR count). The predicted octanol–water partition coefficient (Wildman–Crippen LogP) is 2.16. The Labute approximate surface area is 152 Å². The SMILES string of the molecule is CC(C)CC[C@]1(C)NC(=O)N(CC(=O)OCC(=O)c2ccccc2)C1=O. The maximum Gasteiger partial charge on any atom is 0.326 e. The van der Waals surface area contributed by atoms with Crippen LogP contribution >= 0.6 is 0 Å². The first kappa shape index (κ1) is 19.6. The van der Waals surface area contributed by atoms with Crippen LogP contribution in [0.4, 0.5) is 4.79 Å². The van der Waals surface area contributed by atoms with E-state index in [4.69, 9.17) is 4.74 Å². The molecule has 1 atom stereocenters. The number of carbonyl (C=O) groups excluding carboxylic acids is 4. The predicted molar refractivity (Wildman–Crippen MR) is 94.5 cm³/mol. The van der Waals surface area contributed by atoms with Gasteiger partial charge in [0.15, 0.2) is 12.4 Å². The van der Waals surface area contributed by atoms with Gasteiger partial charge in [-0.3, -0.25) is 19.3 Å². The highest BCUT2D eigenvalue weighted by Crippen LogP contribution is 2.24. The minimum atomic E-state index is -1.01. The molecule has 1 aliphatic rings. The summed E-state index contributed by atoms with van der Waals surface area (Å²) in [5.74, 6) is -1.21. The van der Waals surface area contributed by atoms with Crippen molar-refractivity contribution in [2.75, 3.05) is 13.2 Å². The fourth-order valence-electron chi connectivity index (χ4n) is 2.67. The Morgan fingerprint density at radius 2 is 1.85 bits per heavy atom. The third kappa shape index (κ3) is 4.68. The highest BCUT2D eigenvalue weighted by atomic mass is 16.5. The molecule has 0 saturated carbocycles. The highest BCUT2D eigenvalue weighted by molar-refractivity contribution is 6.08.